The number of phenolic OH excluding ortho intramolecular Hbond substituents is 2. The fourth-order valence-corrected chi connectivity index (χ4v) is 4.78. The molecule has 202 valence electrons. The van der Waals surface area contributed by atoms with E-state index in [4.69, 9.17) is 4.74 Å². The Morgan fingerprint density at radius 1 is 0.711 bits per heavy atom. The zero-order chi connectivity index (χ0) is 26.0. The number of fused-ring (bicyclic) bond motifs is 1. The van der Waals surface area contributed by atoms with Gasteiger partial charge in [-0.15, -0.1) is 12.4 Å². The lowest BCUT2D eigenvalue weighted by Crippen LogP contribution is -2.30. The van der Waals surface area contributed by atoms with Crippen LogP contribution in [0.5, 0.6) is 17.2 Å². The summed E-state index contributed by atoms with van der Waals surface area (Å²) in [7, 11) is 0. The van der Waals surface area contributed by atoms with Crippen LogP contribution in [0, 0.1) is 0 Å². The van der Waals surface area contributed by atoms with Crippen LogP contribution in [0.1, 0.15) is 50.7 Å². The number of halogens is 1. The summed E-state index contributed by atoms with van der Waals surface area (Å²) >= 11 is 0. The van der Waals surface area contributed by atoms with E-state index < -0.39 is 0 Å². The van der Waals surface area contributed by atoms with Gasteiger partial charge in [0.05, 0.1) is 0 Å². The van der Waals surface area contributed by atoms with Crippen molar-refractivity contribution in [3.8, 4) is 28.4 Å². The van der Waals surface area contributed by atoms with Crippen LogP contribution in [0.25, 0.3) is 21.9 Å². The monoisotopic (exact) mass is 533 g/mol. The van der Waals surface area contributed by atoms with E-state index in [9.17, 15) is 10.2 Å². The molecule has 0 aromatic heterocycles. The van der Waals surface area contributed by atoms with Gasteiger partial charge in [-0.25, -0.2) is 0 Å². The third-order valence-corrected chi connectivity index (χ3v) is 6.93. The maximum atomic E-state index is 10.0. The standard InChI is InChI=1S/C33H39NO3.ClH/c1-3-5-19-34(20-6-4-2)21-22-37-30-15-7-25(8-16-30)23-33-31(26-9-12-28(35)13-10-26)17-11-27-24-29(36)14-18-32(27)33;/h7-18,24,35-36H,3-6,19-23H2,1-2H3;1H. The second-order valence-electron chi connectivity index (χ2n) is 9.76. The summed E-state index contributed by atoms with van der Waals surface area (Å²) < 4.78 is 6.10. The van der Waals surface area contributed by atoms with Crippen LogP contribution in [-0.2, 0) is 6.42 Å². The largest absolute Gasteiger partial charge is 0.508 e. The SMILES string of the molecule is CCCCN(CCCC)CCOc1ccc(Cc2c(-c3ccc(O)cc3)ccc3cc(O)ccc23)cc1.Cl. The molecule has 4 aromatic carbocycles. The van der Waals surface area contributed by atoms with Crippen LogP contribution in [0.2, 0.25) is 0 Å². The van der Waals surface area contributed by atoms with Gasteiger partial charge in [0.2, 0.25) is 0 Å². The van der Waals surface area contributed by atoms with Gasteiger partial charge in [-0.05, 0) is 102 Å². The van der Waals surface area contributed by atoms with Crippen LogP contribution in [0.15, 0.2) is 78.9 Å². The van der Waals surface area contributed by atoms with Gasteiger partial charge in [0.1, 0.15) is 23.9 Å². The molecule has 4 rings (SSSR count). The molecule has 0 atom stereocenters. The third kappa shape index (κ3) is 7.89. The Kier molecular flexibility index (Phi) is 11.3. The molecular formula is C33H40ClNO3. The van der Waals surface area contributed by atoms with Crippen molar-refractivity contribution in [2.24, 2.45) is 0 Å². The zero-order valence-corrected chi connectivity index (χ0v) is 23.3. The second-order valence-corrected chi connectivity index (χ2v) is 9.76. The van der Waals surface area contributed by atoms with Crippen molar-refractivity contribution in [3.63, 3.8) is 0 Å². The Hall–Kier alpha value is -3.21. The third-order valence-electron chi connectivity index (χ3n) is 6.93. The molecule has 0 amide bonds. The van der Waals surface area contributed by atoms with E-state index in [1.807, 2.05) is 24.3 Å². The molecule has 2 N–H and O–H groups in total. The highest BCUT2D eigenvalue weighted by molar-refractivity contribution is 5.93. The van der Waals surface area contributed by atoms with Gasteiger partial charge in [0, 0.05) is 6.54 Å². The van der Waals surface area contributed by atoms with E-state index in [0.717, 1.165) is 53.7 Å². The van der Waals surface area contributed by atoms with Crippen molar-refractivity contribution < 1.29 is 14.9 Å². The molecular weight excluding hydrogens is 494 g/mol. The zero-order valence-electron chi connectivity index (χ0n) is 22.5. The number of hydrogen-bond acceptors (Lipinski definition) is 4. The number of benzene rings is 4. The van der Waals surface area contributed by atoms with Crippen LogP contribution in [0.3, 0.4) is 0 Å². The van der Waals surface area contributed by atoms with Crippen molar-refractivity contribution >= 4 is 23.2 Å². The topological polar surface area (TPSA) is 52.9 Å². The fraction of sp³-hybridized carbons (Fsp3) is 0.333. The Labute approximate surface area is 233 Å². The predicted molar refractivity (Wildman–Crippen MR) is 161 cm³/mol. The lowest BCUT2D eigenvalue weighted by molar-refractivity contribution is 0.204. The summed E-state index contributed by atoms with van der Waals surface area (Å²) in [5.74, 6) is 1.42. The number of phenols is 2. The molecule has 0 bridgehead atoms. The maximum Gasteiger partial charge on any atom is 0.119 e. The summed E-state index contributed by atoms with van der Waals surface area (Å²) in [6.45, 7) is 8.43. The Balaban J connectivity index is 0.00000400. The summed E-state index contributed by atoms with van der Waals surface area (Å²) in [6, 6.07) is 25.4. The van der Waals surface area contributed by atoms with E-state index in [1.165, 1.54) is 36.8 Å². The van der Waals surface area contributed by atoms with Crippen molar-refractivity contribution in [3.05, 3.63) is 90.0 Å². The van der Waals surface area contributed by atoms with Gasteiger partial charge in [-0.1, -0.05) is 69.2 Å². The Bertz CT molecular complexity index is 1260. The molecule has 5 heteroatoms. The molecule has 4 aromatic rings. The second kappa shape index (κ2) is 14.7. The van der Waals surface area contributed by atoms with E-state index >= 15 is 0 Å². The first-order chi connectivity index (χ1) is 18.1. The highest BCUT2D eigenvalue weighted by atomic mass is 35.5. The van der Waals surface area contributed by atoms with E-state index in [0.29, 0.717) is 6.61 Å². The quantitative estimate of drug-likeness (QED) is 0.182. The first-order valence-corrected chi connectivity index (χ1v) is 13.6. The highest BCUT2D eigenvalue weighted by Crippen LogP contribution is 2.34. The van der Waals surface area contributed by atoms with Crippen molar-refractivity contribution in [1.29, 1.82) is 0 Å². The van der Waals surface area contributed by atoms with Gasteiger partial charge in [-0.2, -0.15) is 0 Å². The summed E-state index contributed by atoms with van der Waals surface area (Å²) in [5, 5.41) is 21.9. The van der Waals surface area contributed by atoms with Crippen molar-refractivity contribution in [2.75, 3.05) is 26.2 Å². The van der Waals surface area contributed by atoms with Crippen LogP contribution in [-0.4, -0.2) is 41.4 Å². The van der Waals surface area contributed by atoms with Crippen LogP contribution < -0.4 is 4.74 Å². The first-order valence-electron chi connectivity index (χ1n) is 13.6. The van der Waals surface area contributed by atoms with Crippen molar-refractivity contribution in [1.82, 2.24) is 4.90 Å². The van der Waals surface area contributed by atoms with Gasteiger partial charge in [0.25, 0.3) is 0 Å². The number of unbranched alkanes of at least 4 members (excludes halogenated alkanes) is 2. The van der Waals surface area contributed by atoms with Crippen LogP contribution in [0.4, 0.5) is 0 Å². The first kappa shape index (κ1) is 29.3. The van der Waals surface area contributed by atoms with E-state index in [-0.39, 0.29) is 23.9 Å². The average Bonchev–Trinajstić information content (AvgIpc) is 2.91. The van der Waals surface area contributed by atoms with Gasteiger partial charge >= 0.3 is 0 Å². The molecule has 0 radical (unpaired) electrons. The number of nitrogens with zero attached hydrogens (tertiary/aromatic N) is 1. The number of ether oxygens (including phenoxy) is 1. The lowest BCUT2D eigenvalue weighted by Gasteiger charge is -2.22. The minimum atomic E-state index is 0. The fourth-order valence-electron chi connectivity index (χ4n) is 4.78. The smallest absolute Gasteiger partial charge is 0.119 e. The Morgan fingerprint density at radius 2 is 1.37 bits per heavy atom. The summed E-state index contributed by atoms with van der Waals surface area (Å²) in [5.41, 5.74) is 4.57. The maximum absolute atomic E-state index is 10.0. The minimum absolute atomic E-state index is 0. The summed E-state index contributed by atoms with van der Waals surface area (Å²) in [6.07, 6.45) is 5.66. The molecule has 0 heterocycles. The van der Waals surface area contributed by atoms with E-state index in [1.54, 1.807) is 24.3 Å². The molecule has 38 heavy (non-hydrogen) atoms. The van der Waals surface area contributed by atoms with E-state index in [2.05, 4.69) is 49.1 Å². The molecule has 0 aliphatic carbocycles. The number of aromatic hydroxyl groups is 2. The van der Waals surface area contributed by atoms with Crippen molar-refractivity contribution in [2.45, 2.75) is 46.0 Å². The Morgan fingerprint density at radius 3 is 2.03 bits per heavy atom. The molecule has 0 spiro atoms. The van der Waals surface area contributed by atoms with Gasteiger partial charge < -0.3 is 14.9 Å². The molecule has 0 saturated heterocycles. The molecule has 0 fully saturated rings. The minimum Gasteiger partial charge on any atom is -0.508 e. The highest BCUT2D eigenvalue weighted by Gasteiger charge is 2.12. The summed E-state index contributed by atoms with van der Waals surface area (Å²) in [4.78, 5) is 2.52. The average molecular weight is 534 g/mol. The van der Waals surface area contributed by atoms with Gasteiger partial charge in [-0.3, -0.25) is 4.90 Å². The lowest BCUT2D eigenvalue weighted by atomic mass is 9.90. The molecule has 4 nitrogen and oxygen atoms in total. The normalized spacial score (nSPS) is 11.0. The molecule has 0 unspecified atom stereocenters. The number of hydrogen-bond donors (Lipinski definition) is 2. The number of rotatable bonds is 13. The predicted octanol–water partition coefficient (Wildman–Crippen LogP) is 8.21. The molecule has 0 aliphatic heterocycles. The molecule has 0 aliphatic rings. The molecule has 0 saturated carbocycles. The van der Waals surface area contributed by atoms with Gasteiger partial charge in [0.15, 0.2) is 0 Å². The van der Waals surface area contributed by atoms with Crippen LogP contribution >= 0.6 is 12.4 Å².